The topological polar surface area (TPSA) is 64.7 Å². The Kier molecular flexibility index (Phi) is 6.61. The largest absolute Gasteiger partial charge is 0.367 e. The SMILES string of the molecule is O=C(CCNC(=O)N1CCN(c2ccccc2Cl)CC1)NC1CCCC1. The van der Waals surface area contributed by atoms with E-state index < -0.39 is 0 Å². The number of urea groups is 1. The monoisotopic (exact) mass is 378 g/mol. The number of rotatable bonds is 5. The van der Waals surface area contributed by atoms with Crippen LogP contribution in [0.2, 0.25) is 5.02 Å². The van der Waals surface area contributed by atoms with Crippen LogP contribution in [0.5, 0.6) is 0 Å². The molecule has 0 spiro atoms. The molecule has 142 valence electrons. The quantitative estimate of drug-likeness (QED) is 0.827. The number of para-hydroxylation sites is 1. The lowest BCUT2D eigenvalue weighted by Crippen LogP contribution is -2.52. The predicted molar refractivity (Wildman–Crippen MR) is 104 cm³/mol. The van der Waals surface area contributed by atoms with Crippen molar-refractivity contribution in [3.05, 3.63) is 29.3 Å². The molecule has 1 aromatic carbocycles. The third-order valence-corrected chi connectivity index (χ3v) is 5.43. The Morgan fingerprint density at radius 2 is 1.77 bits per heavy atom. The second kappa shape index (κ2) is 9.12. The van der Waals surface area contributed by atoms with Crippen LogP contribution < -0.4 is 15.5 Å². The van der Waals surface area contributed by atoms with Gasteiger partial charge in [0, 0.05) is 45.2 Å². The molecule has 1 saturated heterocycles. The highest BCUT2D eigenvalue weighted by Crippen LogP contribution is 2.26. The summed E-state index contributed by atoms with van der Waals surface area (Å²) in [6.07, 6.45) is 4.88. The second-order valence-electron chi connectivity index (χ2n) is 6.96. The number of hydrogen-bond donors (Lipinski definition) is 2. The van der Waals surface area contributed by atoms with Gasteiger partial charge in [-0.3, -0.25) is 4.79 Å². The Labute approximate surface area is 159 Å². The number of halogens is 1. The van der Waals surface area contributed by atoms with Crippen LogP contribution in [0.1, 0.15) is 32.1 Å². The maximum Gasteiger partial charge on any atom is 0.317 e. The number of piperazine rings is 1. The van der Waals surface area contributed by atoms with Gasteiger partial charge < -0.3 is 20.4 Å². The minimum atomic E-state index is -0.0996. The number of anilines is 1. The molecule has 0 atom stereocenters. The summed E-state index contributed by atoms with van der Waals surface area (Å²) in [7, 11) is 0. The molecule has 6 nitrogen and oxygen atoms in total. The van der Waals surface area contributed by atoms with Crippen molar-refractivity contribution in [2.45, 2.75) is 38.1 Å². The molecule has 7 heteroatoms. The van der Waals surface area contributed by atoms with Gasteiger partial charge in [0.15, 0.2) is 0 Å². The van der Waals surface area contributed by atoms with Gasteiger partial charge in [0.05, 0.1) is 10.7 Å². The van der Waals surface area contributed by atoms with E-state index in [1.165, 1.54) is 12.8 Å². The van der Waals surface area contributed by atoms with Gasteiger partial charge in [0.25, 0.3) is 0 Å². The van der Waals surface area contributed by atoms with Crippen LogP contribution in [0.15, 0.2) is 24.3 Å². The van der Waals surface area contributed by atoms with E-state index in [0.717, 1.165) is 36.6 Å². The van der Waals surface area contributed by atoms with E-state index in [2.05, 4.69) is 15.5 Å². The highest BCUT2D eigenvalue weighted by molar-refractivity contribution is 6.33. The highest BCUT2D eigenvalue weighted by Gasteiger charge is 2.22. The van der Waals surface area contributed by atoms with E-state index in [9.17, 15) is 9.59 Å². The summed E-state index contributed by atoms with van der Waals surface area (Å²) >= 11 is 6.24. The van der Waals surface area contributed by atoms with Crippen molar-refractivity contribution in [3.8, 4) is 0 Å². The molecule has 3 amide bonds. The normalized spacial score (nSPS) is 18.0. The molecule has 1 heterocycles. The third-order valence-electron chi connectivity index (χ3n) is 5.11. The molecule has 26 heavy (non-hydrogen) atoms. The van der Waals surface area contributed by atoms with Crippen molar-refractivity contribution in [1.82, 2.24) is 15.5 Å². The molecule has 1 saturated carbocycles. The van der Waals surface area contributed by atoms with E-state index in [1.54, 1.807) is 4.90 Å². The van der Waals surface area contributed by atoms with Gasteiger partial charge in [-0.1, -0.05) is 36.6 Å². The maximum absolute atomic E-state index is 12.3. The molecule has 1 aliphatic carbocycles. The Morgan fingerprint density at radius 3 is 2.46 bits per heavy atom. The zero-order chi connectivity index (χ0) is 18.4. The summed E-state index contributed by atoms with van der Waals surface area (Å²) in [6, 6.07) is 8.00. The molecular weight excluding hydrogens is 352 g/mol. The number of nitrogens with zero attached hydrogens (tertiary/aromatic N) is 2. The third kappa shape index (κ3) is 5.04. The lowest BCUT2D eigenvalue weighted by atomic mass is 10.2. The zero-order valence-electron chi connectivity index (χ0n) is 15.0. The average molecular weight is 379 g/mol. The molecule has 2 fully saturated rings. The number of hydrogen-bond acceptors (Lipinski definition) is 3. The fourth-order valence-corrected chi connectivity index (χ4v) is 3.88. The number of nitrogens with one attached hydrogen (secondary N) is 2. The van der Waals surface area contributed by atoms with Crippen LogP contribution in [-0.2, 0) is 4.79 Å². The first-order valence-electron chi connectivity index (χ1n) is 9.45. The summed E-state index contributed by atoms with van der Waals surface area (Å²) in [5.41, 5.74) is 1.01. The Hall–Kier alpha value is -1.95. The lowest BCUT2D eigenvalue weighted by Gasteiger charge is -2.36. The van der Waals surface area contributed by atoms with E-state index in [4.69, 9.17) is 11.6 Å². The van der Waals surface area contributed by atoms with Crippen LogP contribution in [0.25, 0.3) is 0 Å². The fraction of sp³-hybridized carbons (Fsp3) is 0.579. The van der Waals surface area contributed by atoms with Crippen molar-refractivity contribution in [2.24, 2.45) is 0 Å². The van der Waals surface area contributed by atoms with Gasteiger partial charge in [-0.05, 0) is 25.0 Å². The van der Waals surface area contributed by atoms with Crippen LogP contribution in [-0.4, -0.2) is 55.6 Å². The smallest absolute Gasteiger partial charge is 0.317 e. The van der Waals surface area contributed by atoms with E-state index in [0.29, 0.717) is 32.1 Å². The highest BCUT2D eigenvalue weighted by atomic mass is 35.5. The van der Waals surface area contributed by atoms with Crippen molar-refractivity contribution >= 4 is 29.2 Å². The minimum absolute atomic E-state index is 0.0285. The van der Waals surface area contributed by atoms with Crippen LogP contribution >= 0.6 is 11.6 Å². The fourth-order valence-electron chi connectivity index (χ4n) is 3.62. The van der Waals surface area contributed by atoms with Crippen molar-refractivity contribution in [2.75, 3.05) is 37.6 Å². The van der Waals surface area contributed by atoms with Crippen molar-refractivity contribution < 1.29 is 9.59 Å². The zero-order valence-corrected chi connectivity index (χ0v) is 15.8. The van der Waals surface area contributed by atoms with E-state index in [-0.39, 0.29) is 11.9 Å². The average Bonchev–Trinajstić information content (AvgIpc) is 3.15. The first-order valence-corrected chi connectivity index (χ1v) is 9.83. The predicted octanol–water partition coefficient (Wildman–Crippen LogP) is 2.62. The Morgan fingerprint density at radius 1 is 1.08 bits per heavy atom. The number of benzene rings is 1. The van der Waals surface area contributed by atoms with Crippen molar-refractivity contribution in [3.63, 3.8) is 0 Å². The Balaban J connectivity index is 1.36. The Bertz CT molecular complexity index is 626. The molecule has 0 radical (unpaired) electrons. The summed E-state index contributed by atoms with van der Waals surface area (Å²) in [6.45, 7) is 3.16. The van der Waals surface area contributed by atoms with Gasteiger partial charge in [0.1, 0.15) is 0 Å². The molecule has 2 N–H and O–H groups in total. The molecule has 0 bridgehead atoms. The molecule has 3 rings (SSSR count). The lowest BCUT2D eigenvalue weighted by molar-refractivity contribution is -0.121. The minimum Gasteiger partial charge on any atom is -0.367 e. The van der Waals surface area contributed by atoms with E-state index >= 15 is 0 Å². The first kappa shape index (κ1) is 18.8. The summed E-state index contributed by atoms with van der Waals surface area (Å²) in [5.74, 6) is 0.0285. The molecule has 1 aromatic rings. The molecule has 0 unspecified atom stereocenters. The van der Waals surface area contributed by atoms with Gasteiger partial charge in [0.2, 0.25) is 5.91 Å². The molecule has 1 aliphatic heterocycles. The van der Waals surface area contributed by atoms with Gasteiger partial charge in [-0.15, -0.1) is 0 Å². The molecular formula is C19H27ClN4O2. The number of carbonyl (C=O) groups excluding carboxylic acids is 2. The first-order chi connectivity index (χ1) is 12.6. The molecule has 2 aliphatic rings. The standard InChI is InChI=1S/C19H27ClN4O2/c20-16-7-3-4-8-17(16)23-11-13-24(14-12-23)19(26)21-10-9-18(25)22-15-5-1-2-6-15/h3-4,7-8,15H,1-2,5-6,9-14H2,(H,21,26)(H,22,25). The summed E-state index contributed by atoms with van der Waals surface area (Å²) < 4.78 is 0. The van der Waals surface area contributed by atoms with Gasteiger partial charge >= 0.3 is 6.03 Å². The van der Waals surface area contributed by atoms with Crippen LogP contribution in [0.4, 0.5) is 10.5 Å². The van der Waals surface area contributed by atoms with Crippen LogP contribution in [0.3, 0.4) is 0 Å². The van der Waals surface area contributed by atoms with Gasteiger partial charge in [-0.25, -0.2) is 4.79 Å². The summed E-state index contributed by atoms with van der Waals surface area (Å²) in [4.78, 5) is 28.2. The summed E-state index contributed by atoms with van der Waals surface area (Å²) in [5, 5.41) is 6.63. The second-order valence-corrected chi connectivity index (χ2v) is 7.36. The maximum atomic E-state index is 12.3. The van der Waals surface area contributed by atoms with Crippen LogP contribution in [0, 0.1) is 0 Å². The van der Waals surface area contributed by atoms with Crippen molar-refractivity contribution in [1.29, 1.82) is 0 Å². The number of amides is 3. The van der Waals surface area contributed by atoms with E-state index in [1.807, 2.05) is 24.3 Å². The van der Waals surface area contributed by atoms with Gasteiger partial charge in [-0.2, -0.15) is 0 Å². The molecule has 0 aromatic heterocycles. The number of carbonyl (C=O) groups is 2.